The van der Waals surface area contributed by atoms with Crippen LogP contribution in [-0.2, 0) is 20.0 Å². The van der Waals surface area contributed by atoms with Crippen LogP contribution in [0, 0.1) is 5.82 Å². The van der Waals surface area contributed by atoms with E-state index in [1.165, 1.54) is 54.0 Å². The molecular formula is C30H29FN4O6S3. The molecule has 0 saturated carbocycles. The summed E-state index contributed by atoms with van der Waals surface area (Å²) in [7, 11) is -4.70. The maximum absolute atomic E-state index is 13.8. The first-order valence-corrected chi connectivity index (χ1v) is 17.9. The van der Waals surface area contributed by atoms with Crippen molar-refractivity contribution in [3.63, 3.8) is 0 Å². The first-order chi connectivity index (χ1) is 20.9. The average Bonchev–Trinajstić information content (AvgIpc) is 3.63. The molecule has 6 rings (SSSR count). The highest BCUT2D eigenvalue weighted by Crippen LogP contribution is 2.42. The maximum atomic E-state index is 13.8. The molecular weight excluding hydrogens is 628 g/mol. The number of nitrogens with one attached hydrogen (secondary N) is 1. The molecule has 0 unspecified atom stereocenters. The second-order valence-corrected chi connectivity index (χ2v) is 15.6. The zero-order valence-corrected chi connectivity index (χ0v) is 26.5. The molecule has 14 heteroatoms. The molecule has 44 heavy (non-hydrogen) atoms. The third-order valence-electron chi connectivity index (χ3n) is 8.00. The van der Waals surface area contributed by atoms with Crippen LogP contribution in [0.25, 0.3) is 32.5 Å². The Morgan fingerprint density at radius 2 is 1.86 bits per heavy atom. The van der Waals surface area contributed by atoms with Gasteiger partial charge in [0.05, 0.1) is 38.1 Å². The van der Waals surface area contributed by atoms with E-state index in [-0.39, 0.29) is 28.3 Å². The van der Waals surface area contributed by atoms with Crippen molar-refractivity contribution < 1.29 is 30.4 Å². The highest BCUT2D eigenvalue weighted by atomic mass is 32.2. The van der Waals surface area contributed by atoms with Crippen LogP contribution in [0.4, 0.5) is 10.1 Å². The fraction of sp³-hybridized carbons (Fsp3) is 0.267. The SMILES string of the molecule is CNC(=O)c1c(-c2ccc(F)cc2)oc2cc(N(C)S(C)(=O)=O)c([C@H]3CCCN(S(=O)(=O)c4ccc5ncsc5c4)C3)cc12. The fourth-order valence-electron chi connectivity index (χ4n) is 5.64. The molecule has 230 valence electrons. The van der Waals surface area contributed by atoms with Gasteiger partial charge in [0.15, 0.2) is 0 Å². The van der Waals surface area contributed by atoms with Gasteiger partial charge in [-0.15, -0.1) is 11.3 Å². The first kappa shape index (κ1) is 30.2. The number of hydrogen-bond donors (Lipinski definition) is 1. The zero-order chi connectivity index (χ0) is 31.4. The van der Waals surface area contributed by atoms with Crippen molar-refractivity contribution in [3.05, 3.63) is 77.1 Å². The predicted octanol–water partition coefficient (Wildman–Crippen LogP) is 5.17. The van der Waals surface area contributed by atoms with Crippen molar-refractivity contribution in [2.45, 2.75) is 23.7 Å². The Morgan fingerprint density at radius 3 is 2.57 bits per heavy atom. The summed E-state index contributed by atoms with van der Waals surface area (Å²) in [5.74, 6) is -1.08. The number of thiazole rings is 1. The van der Waals surface area contributed by atoms with Crippen molar-refractivity contribution in [2.24, 2.45) is 0 Å². The van der Waals surface area contributed by atoms with Crippen molar-refractivity contribution in [1.29, 1.82) is 0 Å². The highest BCUT2D eigenvalue weighted by molar-refractivity contribution is 7.92. The number of sulfonamides is 2. The van der Waals surface area contributed by atoms with Crippen LogP contribution in [0.5, 0.6) is 0 Å². The third kappa shape index (κ3) is 5.36. The summed E-state index contributed by atoms with van der Waals surface area (Å²) < 4.78 is 76.3. The van der Waals surface area contributed by atoms with Crippen LogP contribution < -0.4 is 9.62 Å². The quantitative estimate of drug-likeness (QED) is 0.256. The summed E-state index contributed by atoms with van der Waals surface area (Å²) in [6.45, 7) is 0.417. The number of rotatable bonds is 7. The lowest BCUT2D eigenvalue weighted by atomic mass is 9.89. The van der Waals surface area contributed by atoms with Crippen molar-refractivity contribution in [3.8, 4) is 11.3 Å². The van der Waals surface area contributed by atoms with Gasteiger partial charge >= 0.3 is 0 Å². The zero-order valence-electron chi connectivity index (χ0n) is 24.1. The van der Waals surface area contributed by atoms with Crippen LogP contribution in [0.2, 0.25) is 0 Å². The van der Waals surface area contributed by atoms with Crippen LogP contribution >= 0.6 is 11.3 Å². The molecule has 1 amide bonds. The molecule has 0 radical (unpaired) electrons. The average molecular weight is 657 g/mol. The minimum Gasteiger partial charge on any atom is -0.455 e. The van der Waals surface area contributed by atoms with E-state index in [2.05, 4.69) is 10.3 Å². The van der Waals surface area contributed by atoms with Crippen LogP contribution in [0.1, 0.15) is 34.7 Å². The molecule has 1 fully saturated rings. The van der Waals surface area contributed by atoms with E-state index < -0.39 is 37.7 Å². The van der Waals surface area contributed by atoms with E-state index in [0.29, 0.717) is 41.6 Å². The van der Waals surface area contributed by atoms with Gasteiger partial charge in [-0.3, -0.25) is 9.10 Å². The standard InChI is InChI=1S/C30H29FN4O6S3/c1-32-30(36)28-23-14-22(19-5-4-12-35(16-19)44(39,40)21-10-11-24-27(13-21)42-17-33-24)25(34(2)43(3,37)38)15-26(23)41-29(28)18-6-8-20(31)9-7-18/h6-11,13-15,17,19H,4-5,12,16H2,1-3H3,(H,32,36)/t19-/m0/s1. The Kier molecular flexibility index (Phi) is 7.72. The van der Waals surface area contributed by atoms with E-state index >= 15 is 0 Å². The van der Waals surface area contributed by atoms with Gasteiger partial charge in [0, 0.05) is 44.2 Å². The smallest absolute Gasteiger partial charge is 0.255 e. The fourth-order valence-corrected chi connectivity index (χ4v) is 8.50. The summed E-state index contributed by atoms with van der Waals surface area (Å²) in [5, 5.41) is 3.06. The van der Waals surface area contributed by atoms with Crippen molar-refractivity contribution in [2.75, 3.05) is 37.7 Å². The van der Waals surface area contributed by atoms with Crippen molar-refractivity contribution >= 4 is 64.2 Å². The Morgan fingerprint density at radius 1 is 1.11 bits per heavy atom. The van der Waals surface area contributed by atoms with Gasteiger partial charge in [-0.05, 0) is 72.9 Å². The number of carbonyl (C=O) groups excluding carboxylic acids is 1. The Balaban J connectivity index is 1.49. The van der Waals surface area contributed by atoms with Gasteiger partial charge in [0.1, 0.15) is 17.2 Å². The number of hydrogen-bond acceptors (Lipinski definition) is 8. The lowest BCUT2D eigenvalue weighted by molar-refractivity contribution is 0.0964. The molecule has 3 aromatic carbocycles. The number of halogens is 1. The van der Waals surface area contributed by atoms with E-state index in [0.717, 1.165) is 20.8 Å². The number of benzene rings is 3. The summed E-state index contributed by atoms with van der Waals surface area (Å²) >= 11 is 1.36. The monoisotopic (exact) mass is 656 g/mol. The van der Waals surface area contributed by atoms with Crippen LogP contribution in [0.3, 0.4) is 0 Å². The normalized spacial score (nSPS) is 16.4. The van der Waals surface area contributed by atoms with Gasteiger partial charge in [0.25, 0.3) is 5.91 Å². The Bertz CT molecular complexity index is 2130. The molecule has 0 aliphatic carbocycles. The second kappa shape index (κ2) is 11.3. The van der Waals surface area contributed by atoms with Gasteiger partial charge < -0.3 is 9.73 Å². The van der Waals surface area contributed by atoms with E-state index in [9.17, 15) is 26.0 Å². The number of piperidine rings is 1. The first-order valence-electron chi connectivity index (χ1n) is 13.7. The molecule has 1 saturated heterocycles. The second-order valence-electron chi connectivity index (χ2n) is 10.7. The van der Waals surface area contributed by atoms with Crippen LogP contribution in [-0.4, -0.2) is 65.5 Å². The van der Waals surface area contributed by atoms with E-state index in [1.807, 2.05) is 0 Å². The summed E-state index contributed by atoms with van der Waals surface area (Å²) in [4.78, 5) is 17.6. The van der Waals surface area contributed by atoms with Crippen molar-refractivity contribution in [1.82, 2.24) is 14.6 Å². The Labute approximate surface area is 258 Å². The number of furan rings is 1. The summed E-state index contributed by atoms with van der Waals surface area (Å²) in [6.07, 6.45) is 2.21. The molecule has 5 aromatic rings. The van der Waals surface area contributed by atoms with E-state index in [1.54, 1.807) is 35.8 Å². The number of anilines is 1. The minimum atomic E-state index is -3.87. The molecule has 1 aliphatic rings. The predicted molar refractivity (Wildman–Crippen MR) is 169 cm³/mol. The molecule has 10 nitrogen and oxygen atoms in total. The number of fused-ring (bicyclic) bond motifs is 2. The number of carbonyl (C=O) groups is 1. The molecule has 3 heterocycles. The molecule has 1 atom stereocenters. The molecule has 1 aliphatic heterocycles. The highest BCUT2D eigenvalue weighted by Gasteiger charge is 2.34. The van der Waals surface area contributed by atoms with Gasteiger partial charge in [-0.2, -0.15) is 4.31 Å². The van der Waals surface area contributed by atoms with E-state index in [4.69, 9.17) is 4.42 Å². The molecule has 1 N–H and O–H groups in total. The van der Waals surface area contributed by atoms with Gasteiger partial charge in [-0.25, -0.2) is 26.2 Å². The van der Waals surface area contributed by atoms with Crippen LogP contribution in [0.15, 0.2) is 69.4 Å². The number of nitrogens with zero attached hydrogens (tertiary/aromatic N) is 3. The lowest BCUT2D eigenvalue weighted by Gasteiger charge is -2.34. The molecule has 2 aromatic heterocycles. The topological polar surface area (TPSA) is 130 Å². The minimum absolute atomic E-state index is 0.108. The third-order valence-corrected chi connectivity index (χ3v) is 11.8. The van der Waals surface area contributed by atoms with Gasteiger partial charge in [-0.1, -0.05) is 0 Å². The molecule has 0 spiro atoms. The largest absolute Gasteiger partial charge is 0.455 e. The van der Waals surface area contributed by atoms with Gasteiger partial charge in [0.2, 0.25) is 20.0 Å². The summed E-state index contributed by atoms with van der Waals surface area (Å²) in [5.41, 5.74) is 4.21. The Hall–Kier alpha value is -3.85. The number of aromatic nitrogens is 1. The number of amides is 1. The summed E-state index contributed by atoms with van der Waals surface area (Å²) in [6, 6.07) is 13.7. The lowest BCUT2D eigenvalue weighted by Crippen LogP contribution is -2.39. The molecule has 0 bridgehead atoms. The maximum Gasteiger partial charge on any atom is 0.255 e.